The number of ether oxygens (including phenoxy) is 1. The van der Waals surface area contributed by atoms with Gasteiger partial charge in [0.1, 0.15) is 0 Å². The number of benzene rings is 1. The van der Waals surface area contributed by atoms with Gasteiger partial charge < -0.3 is 14.7 Å². The molecule has 1 aromatic rings. The molecule has 16 heavy (non-hydrogen) atoms. The van der Waals surface area contributed by atoms with Crippen molar-refractivity contribution in [3.05, 3.63) is 22.2 Å². The van der Waals surface area contributed by atoms with Crippen LogP contribution in [0.1, 0.15) is 12.0 Å². The predicted octanol–water partition coefficient (Wildman–Crippen LogP) is 2.66. The maximum atomic E-state index is 9.57. The molecular weight excluding hydrogens is 270 g/mol. The molecule has 0 saturated heterocycles. The van der Waals surface area contributed by atoms with Gasteiger partial charge in [-0.05, 0) is 51.2 Å². The smallest absolute Gasteiger partial charge is 0.160 e. The van der Waals surface area contributed by atoms with Crippen LogP contribution in [0.3, 0.4) is 0 Å². The topological polar surface area (TPSA) is 32.7 Å². The number of aromatic hydroxyl groups is 1. The summed E-state index contributed by atoms with van der Waals surface area (Å²) in [6.45, 7) is 1.05. The van der Waals surface area contributed by atoms with E-state index in [-0.39, 0.29) is 5.75 Å². The fourth-order valence-electron chi connectivity index (χ4n) is 1.53. The molecule has 4 heteroatoms. The molecule has 1 N–H and O–H groups in total. The van der Waals surface area contributed by atoms with Crippen molar-refractivity contribution in [1.82, 2.24) is 4.90 Å². The minimum absolute atomic E-state index is 0.172. The van der Waals surface area contributed by atoms with Crippen molar-refractivity contribution in [2.24, 2.45) is 0 Å². The highest BCUT2D eigenvalue weighted by Crippen LogP contribution is 2.32. The van der Waals surface area contributed by atoms with Crippen LogP contribution in [0, 0.1) is 0 Å². The van der Waals surface area contributed by atoms with Gasteiger partial charge >= 0.3 is 0 Å². The van der Waals surface area contributed by atoms with Gasteiger partial charge in [0.2, 0.25) is 0 Å². The average molecular weight is 288 g/mol. The van der Waals surface area contributed by atoms with E-state index in [9.17, 15) is 5.11 Å². The molecule has 0 atom stereocenters. The minimum Gasteiger partial charge on any atom is -0.504 e. The largest absolute Gasteiger partial charge is 0.504 e. The number of halogens is 1. The first-order valence-electron chi connectivity index (χ1n) is 5.24. The van der Waals surface area contributed by atoms with E-state index in [0.29, 0.717) is 5.75 Å². The summed E-state index contributed by atoms with van der Waals surface area (Å²) < 4.78 is 6.02. The maximum absolute atomic E-state index is 9.57. The van der Waals surface area contributed by atoms with E-state index in [4.69, 9.17) is 4.74 Å². The number of aryl methyl sites for hydroxylation is 1. The molecule has 0 aliphatic heterocycles. The monoisotopic (exact) mass is 287 g/mol. The molecule has 3 nitrogen and oxygen atoms in total. The zero-order valence-corrected chi connectivity index (χ0v) is 11.5. The van der Waals surface area contributed by atoms with Crippen LogP contribution in [0.2, 0.25) is 0 Å². The minimum atomic E-state index is 0.172. The Balaban J connectivity index is 2.72. The zero-order valence-electron chi connectivity index (χ0n) is 9.96. The molecule has 0 aliphatic carbocycles. The summed E-state index contributed by atoms with van der Waals surface area (Å²) >= 11 is 3.45. The number of hydrogen-bond donors (Lipinski definition) is 1. The van der Waals surface area contributed by atoms with Gasteiger partial charge in [-0.2, -0.15) is 0 Å². The second-order valence-corrected chi connectivity index (χ2v) is 4.88. The Hall–Kier alpha value is -0.740. The third-order valence-electron chi connectivity index (χ3n) is 2.40. The molecule has 0 heterocycles. The van der Waals surface area contributed by atoms with Gasteiger partial charge in [-0.25, -0.2) is 0 Å². The lowest BCUT2D eigenvalue weighted by atomic mass is 10.1. The van der Waals surface area contributed by atoms with Crippen LogP contribution in [0.4, 0.5) is 0 Å². The molecule has 0 aliphatic rings. The van der Waals surface area contributed by atoms with Crippen molar-refractivity contribution in [1.29, 1.82) is 0 Å². The summed E-state index contributed by atoms with van der Waals surface area (Å²) in [5.41, 5.74) is 1.16. The van der Waals surface area contributed by atoms with Gasteiger partial charge in [-0.15, -0.1) is 0 Å². The number of phenols is 1. The lowest BCUT2D eigenvalue weighted by Crippen LogP contribution is -2.13. The Bertz CT molecular complexity index is 353. The van der Waals surface area contributed by atoms with Crippen molar-refractivity contribution >= 4 is 15.9 Å². The van der Waals surface area contributed by atoms with E-state index in [1.54, 1.807) is 13.2 Å². The Kier molecular flexibility index (Phi) is 5.09. The van der Waals surface area contributed by atoms with Crippen LogP contribution in [0.5, 0.6) is 11.5 Å². The molecule has 1 aromatic carbocycles. The number of nitrogens with zero attached hydrogens (tertiary/aromatic N) is 1. The van der Waals surface area contributed by atoms with Crippen molar-refractivity contribution in [2.75, 3.05) is 27.7 Å². The molecule has 0 bridgehead atoms. The Morgan fingerprint density at radius 1 is 1.38 bits per heavy atom. The molecule has 0 unspecified atom stereocenters. The molecule has 0 radical (unpaired) electrons. The summed E-state index contributed by atoms with van der Waals surface area (Å²) in [6, 6.07) is 3.57. The van der Waals surface area contributed by atoms with E-state index in [1.165, 1.54) is 0 Å². The van der Waals surface area contributed by atoms with Crippen molar-refractivity contribution in [3.63, 3.8) is 0 Å². The van der Waals surface area contributed by atoms with Crippen LogP contribution in [0.15, 0.2) is 16.6 Å². The standard InChI is InChI=1S/C12H18BrNO2/c1-14(2)6-4-5-9-7-12(16-3)11(15)8-10(9)13/h7-8,15H,4-6H2,1-3H3. The lowest BCUT2D eigenvalue weighted by molar-refractivity contribution is 0.372. The van der Waals surface area contributed by atoms with Crippen LogP contribution < -0.4 is 4.74 Å². The highest BCUT2D eigenvalue weighted by atomic mass is 79.9. The van der Waals surface area contributed by atoms with Gasteiger partial charge in [-0.3, -0.25) is 0 Å². The molecule has 0 amide bonds. The Morgan fingerprint density at radius 3 is 2.62 bits per heavy atom. The average Bonchev–Trinajstić information content (AvgIpc) is 2.20. The first-order chi connectivity index (χ1) is 7.54. The number of phenolic OH excluding ortho intramolecular Hbond substituents is 1. The molecule has 0 fully saturated rings. The van der Waals surface area contributed by atoms with E-state index < -0.39 is 0 Å². The van der Waals surface area contributed by atoms with Gasteiger partial charge in [0.25, 0.3) is 0 Å². The van der Waals surface area contributed by atoms with Crippen molar-refractivity contribution in [3.8, 4) is 11.5 Å². The Labute approximate surface area is 105 Å². The van der Waals surface area contributed by atoms with E-state index in [2.05, 4.69) is 34.9 Å². The third-order valence-corrected chi connectivity index (χ3v) is 3.14. The second kappa shape index (κ2) is 6.11. The fraction of sp³-hybridized carbons (Fsp3) is 0.500. The van der Waals surface area contributed by atoms with Crippen LogP contribution >= 0.6 is 15.9 Å². The number of rotatable bonds is 5. The van der Waals surface area contributed by atoms with E-state index in [0.717, 1.165) is 29.4 Å². The van der Waals surface area contributed by atoms with Crippen LogP contribution in [-0.4, -0.2) is 37.8 Å². The molecule has 90 valence electrons. The normalized spacial score (nSPS) is 10.8. The second-order valence-electron chi connectivity index (χ2n) is 4.02. The van der Waals surface area contributed by atoms with E-state index in [1.807, 2.05) is 6.07 Å². The molecule has 1 rings (SSSR count). The van der Waals surface area contributed by atoms with Gasteiger partial charge in [0, 0.05) is 4.47 Å². The molecule has 0 aromatic heterocycles. The molecule has 0 saturated carbocycles. The summed E-state index contributed by atoms with van der Waals surface area (Å²) in [4.78, 5) is 2.16. The first-order valence-corrected chi connectivity index (χ1v) is 6.04. The van der Waals surface area contributed by atoms with Gasteiger partial charge in [-0.1, -0.05) is 15.9 Å². The number of methoxy groups -OCH3 is 1. The Morgan fingerprint density at radius 2 is 2.06 bits per heavy atom. The van der Waals surface area contributed by atoms with Gasteiger partial charge in [0.05, 0.1) is 7.11 Å². The quantitative estimate of drug-likeness (QED) is 0.904. The predicted molar refractivity (Wildman–Crippen MR) is 69.2 cm³/mol. The van der Waals surface area contributed by atoms with Crippen molar-refractivity contribution < 1.29 is 9.84 Å². The summed E-state index contributed by atoms with van der Waals surface area (Å²) in [5.74, 6) is 0.703. The van der Waals surface area contributed by atoms with Crippen LogP contribution in [-0.2, 0) is 6.42 Å². The first kappa shape index (κ1) is 13.3. The lowest BCUT2D eigenvalue weighted by Gasteiger charge is -2.11. The third kappa shape index (κ3) is 3.68. The summed E-state index contributed by atoms with van der Waals surface area (Å²) in [5, 5.41) is 9.57. The molecular formula is C12H18BrNO2. The highest BCUT2D eigenvalue weighted by Gasteiger charge is 2.07. The summed E-state index contributed by atoms with van der Waals surface area (Å²) in [6.07, 6.45) is 2.05. The summed E-state index contributed by atoms with van der Waals surface area (Å²) in [7, 11) is 5.69. The maximum Gasteiger partial charge on any atom is 0.160 e. The zero-order chi connectivity index (χ0) is 12.1. The van der Waals surface area contributed by atoms with Gasteiger partial charge in [0.15, 0.2) is 11.5 Å². The number of hydrogen-bond acceptors (Lipinski definition) is 3. The highest BCUT2D eigenvalue weighted by molar-refractivity contribution is 9.10. The molecule has 0 spiro atoms. The van der Waals surface area contributed by atoms with E-state index >= 15 is 0 Å². The SMILES string of the molecule is COc1cc(CCCN(C)C)c(Br)cc1O. The van der Waals surface area contributed by atoms with Crippen molar-refractivity contribution in [2.45, 2.75) is 12.8 Å². The van der Waals surface area contributed by atoms with Crippen LogP contribution in [0.25, 0.3) is 0 Å². The fourth-order valence-corrected chi connectivity index (χ4v) is 2.06.